The summed E-state index contributed by atoms with van der Waals surface area (Å²) in [5.41, 5.74) is 0.798. The van der Waals surface area contributed by atoms with E-state index in [1.54, 1.807) is 6.07 Å². The first-order chi connectivity index (χ1) is 9.65. The molecular formula is C13H16N4O2S. The minimum atomic E-state index is -0.404. The summed E-state index contributed by atoms with van der Waals surface area (Å²) < 4.78 is 0. The standard InChI is InChI=1S/C13H16N4O2S/c1-3-11(14-4-2)13-16-15-12(20-13)9-6-5-7-10(8-9)17(18)19/h5-8,11,14H,3-4H2,1-2H3. The van der Waals surface area contributed by atoms with Crippen molar-refractivity contribution in [2.24, 2.45) is 0 Å². The molecule has 0 spiro atoms. The van der Waals surface area contributed by atoms with Crippen LogP contribution in [0.15, 0.2) is 24.3 Å². The zero-order valence-electron chi connectivity index (χ0n) is 11.4. The van der Waals surface area contributed by atoms with Crippen molar-refractivity contribution in [1.29, 1.82) is 0 Å². The number of nitrogens with one attached hydrogen (secondary N) is 1. The van der Waals surface area contributed by atoms with Gasteiger partial charge in [0.05, 0.1) is 11.0 Å². The second-order valence-electron chi connectivity index (χ2n) is 4.27. The van der Waals surface area contributed by atoms with Gasteiger partial charge in [0, 0.05) is 17.7 Å². The Balaban J connectivity index is 2.28. The average Bonchev–Trinajstić information content (AvgIpc) is 2.94. The number of rotatable bonds is 6. The van der Waals surface area contributed by atoms with E-state index in [1.165, 1.54) is 23.5 Å². The molecule has 2 aromatic rings. The second kappa shape index (κ2) is 6.53. The zero-order chi connectivity index (χ0) is 14.5. The molecule has 20 heavy (non-hydrogen) atoms. The molecule has 1 unspecified atom stereocenters. The van der Waals surface area contributed by atoms with Crippen molar-refractivity contribution in [3.8, 4) is 10.6 Å². The normalized spacial score (nSPS) is 12.3. The Bertz CT molecular complexity index is 600. The number of nitro groups is 1. The van der Waals surface area contributed by atoms with Crippen molar-refractivity contribution in [3.63, 3.8) is 0 Å². The van der Waals surface area contributed by atoms with Crippen LogP contribution in [-0.4, -0.2) is 21.7 Å². The van der Waals surface area contributed by atoms with E-state index < -0.39 is 4.92 Å². The van der Waals surface area contributed by atoms with E-state index >= 15 is 0 Å². The molecule has 0 aliphatic heterocycles. The summed E-state index contributed by atoms with van der Waals surface area (Å²) in [6, 6.07) is 6.66. The average molecular weight is 292 g/mol. The molecule has 0 saturated carbocycles. The van der Waals surface area contributed by atoms with Gasteiger partial charge in [-0.1, -0.05) is 37.3 Å². The lowest BCUT2D eigenvalue weighted by atomic mass is 10.2. The highest BCUT2D eigenvalue weighted by atomic mass is 32.1. The number of nitro benzene ring substituents is 1. The summed E-state index contributed by atoms with van der Waals surface area (Å²) in [5.74, 6) is 0. The van der Waals surface area contributed by atoms with Gasteiger partial charge in [0.15, 0.2) is 0 Å². The van der Waals surface area contributed by atoms with Crippen LogP contribution in [0.25, 0.3) is 10.6 Å². The van der Waals surface area contributed by atoms with Gasteiger partial charge < -0.3 is 5.32 Å². The third-order valence-corrected chi connectivity index (χ3v) is 3.99. The fraction of sp³-hybridized carbons (Fsp3) is 0.385. The Kier molecular flexibility index (Phi) is 4.75. The monoisotopic (exact) mass is 292 g/mol. The van der Waals surface area contributed by atoms with Crippen molar-refractivity contribution >= 4 is 17.0 Å². The fourth-order valence-electron chi connectivity index (χ4n) is 1.90. The molecule has 0 fully saturated rings. The maximum absolute atomic E-state index is 10.8. The van der Waals surface area contributed by atoms with Crippen LogP contribution in [0, 0.1) is 10.1 Å². The minimum Gasteiger partial charge on any atom is -0.308 e. The summed E-state index contributed by atoms with van der Waals surface area (Å²) in [6.07, 6.45) is 0.928. The quantitative estimate of drug-likeness (QED) is 0.653. The lowest BCUT2D eigenvalue weighted by Crippen LogP contribution is -2.19. The van der Waals surface area contributed by atoms with E-state index in [-0.39, 0.29) is 11.7 Å². The molecular weight excluding hydrogens is 276 g/mol. The van der Waals surface area contributed by atoms with Gasteiger partial charge >= 0.3 is 0 Å². The Hall–Kier alpha value is -1.86. The molecule has 6 nitrogen and oxygen atoms in total. The molecule has 2 rings (SSSR count). The van der Waals surface area contributed by atoms with Crippen LogP contribution in [0.1, 0.15) is 31.3 Å². The smallest absolute Gasteiger partial charge is 0.270 e. The summed E-state index contributed by atoms with van der Waals surface area (Å²) >= 11 is 1.47. The molecule has 0 amide bonds. The lowest BCUT2D eigenvalue weighted by molar-refractivity contribution is -0.384. The van der Waals surface area contributed by atoms with Gasteiger partial charge in [0.25, 0.3) is 5.69 Å². The maximum atomic E-state index is 10.8. The molecule has 0 aliphatic rings. The second-order valence-corrected chi connectivity index (χ2v) is 5.28. The SMILES string of the molecule is CCNC(CC)c1nnc(-c2cccc([N+](=O)[O-])c2)s1. The molecule has 1 aromatic heterocycles. The van der Waals surface area contributed by atoms with E-state index in [9.17, 15) is 10.1 Å². The van der Waals surface area contributed by atoms with Crippen LogP contribution < -0.4 is 5.32 Å². The van der Waals surface area contributed by atoms with Gasteiger partial charge in [-0.3, -0.25) is 10.1 Å². The van der Waals surface area contributed by atoms with Crippen molar-refractivity contribution in [1.82, 2.24) is 15.5 Å². The van der Waals surface area contributed by atoms with E-state index in [2.05, 4.69) is 22.4 Å². The lowest BCUT2D eigenvalue weighted by Gasteiger charge is -2.10. The molecule has 7 heteroatoms. The molecule has 0 radical (unpaired) electrons. The Labute approximate surface area is 121 Å². The number of nitrogens with zero attached hydrogens (tertiary/aromatic N) is 3. The molecule has 1 heterocycles. The van der Waals surface area contributed by atoms with Gasteiger partial charge in [-0.25, -0.2) is 0 Å². The van der Waals surface area contributed by atoms with Crippen LogP contribution in [0.4, 0.5) is 5.69 Å². The molecule has 106 valence electrons. The largest absolute Gasteiger partial charge is 0.308 e. The highest BCUT2D eigenvalue weighted by molar-refractivity contribution is 7.14. The summed E-state index contributed by atoms with van der Waals surface area (Å²) in [6.45, 7) is 5.00. The van der Waals surface area contributed by atoms with Crippen molar-refractivity contribution in [2.45, 2.75) is 26.3 Å². The Morgan fingerprint density at radius 3 is 2.85 bits per heavy atom. The molecule has 0 bridgehead atoms. The van der Waals surface area contributed by atoms with Gasteiger partial charge in [0.2, 0.25) is 0 Å². The van der Waals surface area contributed by atoms with Crippen molar-refractivity contribution < 1.29 is 4.92 Å². The minimum absolute atomic E-state index is 0.0676. The Morgan fingerprint density at radius 2 is 2.20 bits per heavy atom. The van der Waals surface area contributed by atoms with Crippen LogP contribution in [-0.2, 0) is 0 Å². The van der Waals surface area contributed by atoms with Gasteiger partial charge in [0.1, 0.15) is 10.0 Å². The number of hydrogen-bond acceptors (Lipinski definition) is 6. The molecule has 1 atom stereocenters. The van der Waals surface area contributed by atoms with Crippen LogP contribution in [0.3, 0.4) is 0 Å². The Morgan fingerprint density at radius 1 is 1.40 bits per heavy atom. The van der Waals surface area contributed by atoms with Crippen molar-refractivity contribution in [2.75, 3.05) is 6.54 Å². The topological polar surface area (TPSA) is 81.0 Å². The first-order valence-corrected chi connectivity index (χ1v) is 7.29. The summed E-state index contributed by atoms with van der Waals surface area (Å²) in [5, 5.41) is 24.1. The van der Waals surface area contributed by atoms with E-state index in [1.807, 2.05) is 13.0 Å². The van der Waals surface area contributed by atoms with E-state index in [0.29, 0.717) is 5.01 Å². The molecule has 1 N–H and O–H groups in total. The van der Waals surface area contributed by atoms with Gasteiger partial charge in [-0.2, -0.15) is 0 Å². The fourth-order valence-corrected chi connectivity index (χ4v) is 2.90. The first-order valence-electron chi connectivity index (χ1n) is 6.47. The van der Waals surface area contributed by atoms with E-state index in [0.717, 1.165) is 23.5 Å². The third kappa shape index (κ3) is 3.17. The predicted molar refractivity (Wildman–Crippen MR) is 78.7 cm³/mol. The van der Waals surface area contributed by atoms with Crippen LogP contribution in [0.5, 0.6) is 0 Å². The third-order valence-electron chi connectivity index (χ3n) is 2.90. The highest BCUT2D eigenvalue weighted by Gasteiger charge is 2.16. The number of hydrogen-bond donors (Lipinski definition) is 1. The number of non-ortho nitro benzene ring substituents is 1. The van der Waals surface area contributed by atoms with Crippen molar-refractivity contribution in [3.05, 3.63) is 39.4 Å². The van der Waals surface area contributed by atoms with Crippen LogP contribution in [0.2, 0.25) is 0 Å². The number of benzene rings is 1. The van der Waals surface area contributed by atoms with E-state index in [4.69, 9.17) is 0 Å². The van der Waals surface area contributed by atoms with Gasteiger partial charge in [-0.05, 0) is 13.0 Å². The number of aromatic nitrogens is 2. The van der Waals surface area contributed by atoms with Crippen LogP contribution >= 0.6 is 11.3 Å². The molecule has 1 aromatic carbocycles. The summed E-state index contributed by atoms with van der Waals surface area (Å²) in [7, 11) is 0. The predicted octanol–water partition coefficient (Wildman–Crippen LogP) is 3.17. The summed E-state index contributed by atoms with van der Waals surface area (Å²) in [4.78, 5) is 10.4. The highest BCUT2D eigenvalue weighted by Crippen LogP contribution is 2.29. The maximum Gasteiger partial charge on any atom is 0.270 e. The molecule has 0 aliphatic carbocycles. The zero-order valence-corrected chi connectivity index (χ0v) is 12.2. The van der Waals surface area contributed by atoms with Gasteiger partial charge in [-0.15, -0.1) is 10.2 Å². The first kappa shape index (κ1) is 14.5. The molecule has 0 saturated heterocycles.